The maximum absolute atomic E-state index is 12.2. The molecule has 1 atom stereocenters. The first-order valence-electron chi connectivity index (χ1n) is 7.64. The van der Waals surface area contributed by atoms with E-state index in [0.29, 0.717) is 19.5 Å². The number of hydrogen-bond acceptors (Lipinski definition) is 5. The Morgan fingerprint density at radius 1 is 1.43 bits per heavy atom. The Hall–Kier alpha value is -2.41. The number of rotatable bonds is 5. The van der Waals surface area contributed by atoms with Crippen molar-refractivity contribution < 1.29 is 9.90 Å². The van der Waals surface area contributed by atoms with E-state index >= 15 is 0 Å². The minimum atomic E-state index is -0.906. The third-order valence-electron chi connectivity index (χ3n) is 4.14. The number of carbonyl (C=O) groups excluding carboxylic acids is 1. The first-order valence-corrected chi connectivity index (χ1v) is 7.64. The van der Waals surface area contributed by atoms with Gasteiger partial charge in [-0.15, -0.1) is 0 Å². The van der Waals surface area contributed by atoms with Crippen molar-refractivity contribution in [1.29, 1.82) is 0 Å². The van der Waals surface area contributed by atoms with Crippen LogP contribution in [0.3, 0.4) is 0 Å². The minimum Gasteiger partial charge on any atom is -0.386 e. The summed E-state index contributed by atoms with van der Waals surface area (Å²) in [6.07, 6.45) is 7.36. The van der Waals surface area contributed by atoms with Gasteiger partial charge in [0.25, 0.3) is 0 Å². The molecule has 0 radical (unpaired) electrons. The maximum Gasteiger partial charge on any atom is 0.242 e. The van der Waals surface area contributed by atoms with E-state index in [4.69, 9.17) is 0 Å². The molecule has 0 aromatic carbocycles. The van der Waals surface area contributed by atoms with Gasteiger partial charge in [-0.05, 0) is 18.6 Å². The summed E-state index contributed by atoms with van der Waals surface area (Å²) in [4.78, 5) is 24.1. The Balaban J connectivity index is 1.58. The molecule has 1 unspecified atom stereocenters. The van der Waals surface area contributed by atoms with Crippen LogP contribution in [-0.4, -0.2) is 62.7 Å². The number of likely N-dealkylation sites (N-methyl/N-ethyl adjacent to an activating group) is 1. The highest BCUT2D eigenvalue weighted by atomic mass is 16.3. The second-order valence-corrected chi connectivity index (χ2v) is 6.07. The van der Waals surface area contributed by atoms with Crippen LogP contribution in [0.15, 0.2) is 43.1 Å². The molecule has 0 aliphatic carbocycles. The Morgan fingerprint density at radius 2 is 2.30 bits per heavy atom. The molecular weight excluding hydrogens is 294 g/mol. The largest absolute Gasteiger partial charge is 0.386 e. The predicted octanol–water partition coefficient (Wildman–Crippen LogP) is 0.378. The average Bonchev–Trinajstić information content (AvgIpc) is 3.18. The standard InChI is InChI=1S/C16H21N5O2/c1-19(15(22)10-20-9-7-17-13-20)11-16(23)5-8-21(12-16)14-4-2-3-6-18-14/h2-4,6-7,9,13,23H,5,8,10-12H2,1H3. The molecule has 2 aromatic heterocycles. The molecule has 2 aromatic rings. The van der Waals surface area contributed by atoms with E-state index in [2.05, 4.69) is 9.97 Å². The van der Waals surface area contributed by atoms with Gasteiger partial charge in [0.1, 0.15) is 18.0 Å². The van der Waals surface area contributed by atoms with Gasteiger partial charge < -0.3 is 19.5 Å². The molecule has 1 fully saturated rings. The molecule has 7 heteroatoms. The Kier molecular flexibility index (Phi) is 4.29. The number of imidazole rings is 1. The quantitative estimate of drug-likeness (QED) is 0.863. The summed E-state index contributed by atoms with van der Waals surface area (Å²) in [5, 5.41) is 10.8. The molecule has 1 aliphatic rings. The van der Waals surface area contributed by atoms with Crippen LogP contribution in [0.2, 0.25) is 0 Å². The number of nitrogens with zero attached hydrogens (tertiary/aromatic N) is 5. The second kappa shape index (κ2) is 6.37. The van der Waals surface area contributed by atoms with Crippen molar-refractivity contribution in [1.82, 2.24) is 19.4 Å². The molecule has 3 rings (SSSR count). The van der Waals surface area contributed by atoms with Crippen LogP contribution >= 0.6 is 0 Å². The Morgan fingerprint density at radius 3 is 3.00 bits per heavy atom. The molecule has 1 N–H and O–H groups in total. The van der Waals surface area contributed by atoms with Crippen LogP contribution in [0.1, 0.15) is 6.42 Å². The molecule has 3 heterocycles. The number of anilines is 1. The highest BCUT2D eigenvalue weighted by Gasteiger charge is 2.38. The van der Waals surface area contributed by atoms with Gasteiger partial charge in [0, 0.05) is 38.7 Å². The van der Waals surface area contributed by atoms with Crippen LogP contribution in [-0.2, 0) is 11.3 Å². The zero-order chi connectivity index (χ0) is 16.3. The van der Waals surface area contributed by atoms with Gasteiger partial charge >= 0.3 is 0 Å². The highest BCUT2D eigenvalue weighted by Crippen LogP contribution is 2.26. The lowest BCUT2D eigenvalue weighted by atomic mass is 10.0. The smallest absolute Gasteiger partial charge is 0.242 e. The monoisotopic (exact) mass is 315 g/mol. The molecule has 122 valence electrons. The van der Waals surface area contributed by atoms with Crippen molar-refractivity contribution >= 4 is 11.7 Å². The summed E-state index contributed by atoms with van der Waals surface area (Å²) < 4.78 is 1.72. The normalized spacial score (nSPS) is 20.7. The number of β-amino-alcohol motifs (C(OH)–C–C–N with tert-alkyl or cyclic N) is 1. The number of hydrogen-bond donors (Lipinski definition) is 1. The highest BCUT2D eigenvalue weighted by molar-refractivity contribution is 5.75. The van der Waals surface area contributed by atoms with E-state index in [1.165, 1.54) is 0 Å². The van der Waals surface area contributed by atoms with Gasteiger partial charge in [-0.3, -0.25) is 4.79 Å². The molecular formula is C16H21N5O2. The van der Waals surface area contributed by atoms with Crippen molar-refractivity contribution in [2.75, 3.05) is 31.6 Å². The van der Waals surface area contributed by atoms with E-state index in [1.807, 2.05) is 23.1 Å². The molecule has 7 nitrogen and oxygen atoms in total. The van der Waals surface area contributed by atoms with E-state index in [0.717, 1.165) is 12.4 Å². The third kappa shape index (κ3) is 3.68. The Bertz CT molecular complexity index is 646. The van der Waals surface area contributed by atoms with Gasteiger partial charge in [0.05, 0.1) is 12.9 Å². The van der Waals surface area contributed by atoms with E-state index in [1.54, 1.807) is 41.4 Å². The van der Waals surface area contributed by atoms with E-state index < -0.39 is 5.60 Å². The van der Waals surface area contributed by atoms with Crippen molar-refractivity contribution in [2.24, 2.45) is 0 Å². The summed E-state index contributed by atoms with van der Waals surface area (Å²) in [6, 6.07) is 5.73. The van der Waals surface area contributed by atoms with Crippen molar-refractivity contribution in [2.45, 2.75) is 18.6 Å². The SMILES string of the molecule is CN(CC1(O)CCN(c2ccccn2)C1)C(=O)Cn1ccnc1. The molecule has 1 aliphatic heterocycles. The molecule has 0 saturated carbocycles. The minimum absolute atomic E-state index is 0.0484. The number of aliphatic hydroxyl groups is 1. The van der Waals surface area contributed by atoms with Crippen LogP contribution in [0.4, 0.5) is 5.82 Å². The van der Waals surface area contributed by atoms with Gasteiger partial charge in [-0.25, -0.2) is 9.97 Å². The van der Waals surface area contributed by atoms with Gasteiger partial charge in [-0.2, -0.15) is 0 Å². The topological polar surface area (TPSA) is 74.5 Å². The number of pyridine rings is 1. The van der Waals surface area contributed by atoms with Crippen LogP contribution < -0.4 is 4.90 Å². The zero-order valence-corrected chi connectivity index (χ0v) is 13.2. The lowest BCUT2D eigenvalue weighted by Crippen LogP contribution is -2.46. The van der Waals surface area contributed by atoms with Crippen molar-refractivity contribution in [3.8, 4) is 0 Å². The molecule has 1 saturated heterocycles. The van der Waals surface area contributed by atoms with Gasteiger partial charge in [0.2, 0.25) is 5.91 Å². The molecule has 1 amide bonds. The maximum atomic E-state index is 12.2. The Labute approximate surface area is 135 Å². The second-order valence-electron chi connectivity index (χ2n) is 6.07. The molecule has 0 bridgehead atoms. The fraction of sp³-hybridized carbons (Fsp3) is 0.438. The van der Waals surface area contributed by atoms with Crippen LogP contribution in [0, 0.1) is 0 Å². The zero-order valence-electron chi connectivity index (χ0n) is 13.2. The summed E-state index contributed by atoms with van der Waals surface area (Å²) in [6.45, 7) is 1.75. The molecule has 23 heavy (non-hydrogen) atoms. The van der Waals surface area contributed by atoms with Crippen LogP contribution in [0.5, 0.6) is 0 Å². The lowest BCUT2D eigenvalue weighted by molar-refractivity contribution is -0.133. The van der Waals surface area contributed by atoms with Gasteiger partial charge in [-0.1, -0.05) is 6.07 Å². The summed E-state index contributed by atoms with van der Waals surface area (Å²) in [5.41, 5.74) is -0.906. The number of amides is 1. The number of carbonyl (C=O) groups is 1. The summed E-state index contributed by atoms with van der Waals surface area (Å²) >= 11 is 0. The number of aromatic nitrogens is 3. The summed E-state index contributed by atoms with van der Waals surface area (Å²) in [7, 11) is 1.72. The first kappa shape index (κ1) is 15.5. The van der Waals surface area contributed by atoms with E-state index in [9.17, 15) is 9.90 Å². The fourth-order valence-corrected chi connectivity index (χ4v) is 2.91. The predicted molar refractivity (Wildman–Crippen MR) is 85.9 cm³/mol. The third-order valence-corrected chi connectivity index (χ3v) is 4.14. The van der Waals surface area contributed by atoms with Crippen molar-refractivity contribution in [3.63, 3.8) is 0 Å². The van der Waals surface area contributed by atoms with Crippen molar-refractivity contribution in [3.05, 3.63) is 43.1 Å². The average molecular weight is 315 g/mol. The van der Waals surface area contributed by atoms with Crippen LogP contribution in [0.25, 0.3) is 0 Å². The lowest BCUT2D eigenvalue weighted by Gasteiger charge is -2.29. The summed E-state index contributed by atoms with van der Waals surface area (Å²) in [5.74, 6) is 0.809. The first-order chi connectivity index (χ1) is 11.1. The van der Waals surface area contributed by atoms with E-state index in [-0.39, 0.29) is 12.5 Å². The molecule has 0 spiro atoms. The van der Waals surface area contributed by atoms with Gasteiger partial charge in [0.15, 0.2) is 0 Å². The fourth-order valence-electron chi connectivity index (χ4n) is 2.91.